The Morgan fingerprint density at radius 2 is 2.26 bits per heavy atom. The molecule has 3 rings (SSSR count). The van der Waals surface area contributed by atoms with Crippen LogP contribution in [-0.2, 0) is 16.0 Å². The van der Waals surface area contributed by atoms with Gasteiger partial charge < -0.3 is 14.2 Å². The zero-order valence-corrected chi connectivity index (χ0v) is 13.4. The van der Waals surface area contributed by atoms with Crippen LogP contribution in [0.3, 0.4) is 0 Å². The second kappa shape index (κ2) is 7.57. The van der Waals surface area contributed by atoms with Gasteiger partial charge in [0.25, 0.3) is 6.29 Å². The summed E-state index contributed by atoms with van der Waals surface area (Å²) in [6.45, 7) is 4.14. The molecule has 1 atom stereocenters. The van der Waals surface area contributed by atoms with Crippen molar-refractivity contribution in [3.63, 3.8) is 0 Å². The summed E-state index contributed by atoms with van der Waals surface area (Å²) in [5.74, 6) is -0.384. The molecule has 0 bridgehead atoms. The molecule has 2 heterocycles. The Kier molecular flexibility index (Phi) is 5.25. The van der Waals surface area contributed by atoms with Gasteiger partial charge in [0.05, 0.1) is 25.3 Å². The number of hydrogen-bond donors (Lipinski definition) is 0. The van der Waals surface area contributed by atoms with Gasteiger partial charge in [-0.2, -0.15) is 5.10 Å². The Balaban J connectivity index is 1.71. The minimum absolute atomic E-state index is 0.00936. The minimum atomic E-state index is -0.384. The maximum Gasteiger partial charge on any atom is 0.359 e. The molecule has 0 aliphatic carbocycles. The van der Waals surface area contributed by atoms with Gasteiger partial charge in [-0.1, -0.05) is 18.2 Å². The molecule has 6 heteroatoms. The highest BCUT2D eigenvalue weighted by molar-refractivity contribution is 6.02. The number of fused-ring (bicyclic) bond motifs is 1. The van der Waals surface area contributed by atoms with Gasteiger partial charge in [0.2, 0.25) is 0 Å². The fourth-order valence-electron chi connectivity index (χ4n) is 2.82. The molecular formula is C17H23N2O4+. The monoisotopic (exact) mass is 319 g/mol. The number of para-hydroxylation sites is 1. The highest BCUT2D eigenvalue weighted by Crippen LogP contribution is 2.19. The first kappa shape index (κ1) is 16.0. The van der Waals surface area contributed by atoms with Gasteiger partial charge in [-0.25, -0.2) is 4.79 Å². The first-order valence-electron chi connectivity index (χ1n) is 8.20. The van der Waals surface area contributed by atoms with E-state index in [9.17, 15) is 4.79 Å². The maximum absolute atomic E-state index is 12.0. The molecule has 1 aliphatic heterocycles. The molecule has 2 aromatic rings. The lowest BCUT2D eigenvalue weighted by Gasteiger charge is -2.18. The van der Waals surface area contributed by atoms with Crippen molar-refractivity contribution in [1.29, 1.82) is 0 Å². The molecule has 1 aromatic heterocycles. The van der Waals surface area contributed by atoms with Gasteiger partial charge in [0.1, 0.15) is 6.61 Å². The molecule has 1 fully saturated rings. The molecule has 1 unspecified atom stereocenters. The summed E-state index contributed by atoms with van der Waals surface area (Å²) in [4.78, 5) is 12.0. The van der Waals surface area contributed by atoms with Crippen molar-refractivity contribution >= 4 is 16.9 Å². The summed E-state index contributed by atoms with van der Waals surface area (Å²) < 4.78 is 17.2. The molecule has 6 nitrogen and oxygen atoms in total. The van der Waals surface area contributed by atoms with E-state index in [1.54, 1.807) is 6.92 Å². The molecule has 0 spiro atoms. The highest BCUT2D eigenvalue weighted by atomic mass is 16.7. The maximum atomic E-state index is 12.0. The number of carbonyl (C=O) groups is 1. The van der Waals surface area contributed by atoms with Crippen LogP contribution in [0.4, 0.5) is 0 Å². The van der Waals surface area contributed by atoms with E-state index < -0.39 is 0 Å². The molecule has 1 aliphatic rings. The molecule has 0 saturated carbocycles. The summed E-state index contributed by atoms with van der Waals surface area (Å²) in [5, 5.41) is 5.24. The van der Waals surface area contributed by atoms with Crippen molar-refractivity contribution in [3.8, 4) is 0 Å². The molecule has 1 saturated heterocycles. The van der Waals surface area contributed by atoms with E-state index in [0.717, 1.165) is 30.4 Å². The first-order chi connectivity index (χ1) is 11.3. The summed E-state index contributed by atoms with van der Waals surface area (Å²) in [6, 6.07) is 7.68. The number of aromatic nitrogens is 2. The molecule has 1 aromatic carbocycles. The molecule has 124 valence electrons. The zero-order chi connectivity index (χ0) is 16.1. The van der Waals surface area contributed by atoms with Crippen molar-refractivity contribution in [2.45, 2.75) is 39.0 Å². The Bertz CT molecular complexity index is 662. The molecule has 23 heavy (non-hydrogen) atoms. The van der Waals surface area contributed by atoms with Crippen LogP contribution < -0.4 is 0 Å². The van der Waals surface area contributed by atoms with Crippen LogP contribution in [0.2, 0.25) is 0 Å². The third-order valence-electron chi connectivity index (χ3n) is 3.93. The zero-order valence-electron chi connectivity index (χ0n) is 13.4. The second-order valence-electron chi connectivity index (χ2n) is 5.54. The van der Waals surface area contributed by atoms with Gasteiger partial charge in [0.15, 0.2) is 5.69 Å². The molecule has 1 N–H and O–H groups in total. The summed E-state index contributed by atoms with van der Waals surface area (Å²) in [6.07, 6.45) is 3.34. The van der Waals surface area contributed by atoms with Crippen LogP contribution in [0.5, 0.6) is 0 Å². The van der Waals surface area contributed by atoms with Gasteiger partial charge in [-0.3, -0.25) is 4.68 Å². The van der Waals surface area contributed by atoms with Crippen molar-refractivity contribution in [1.82, 2.24) is 9.78 Å². The van der Waals surface area contributed by atoms with Crippen LogP contribution in [0.1, 0.15) is 36.7 Å². The third-order valence-corrected chi connectivity index (χ3v) is 3.93. The van der Waals surface area contributed by atoms with Crippen molar-refractivity contribution < 1.29 is 19.0 Å². The second-order valence-corrected chi connectivity index (χ2v) is 5.54. The van der Waals surface area contributed by atoms with Crippen LogP contribution in [0.15, 0.2) is 24.3 Å². The quantitative estimate of drug-likeness (QED) is 0.605. The first-order valence-corrected chi connectivity index (χ1v) is 8.20. The van der Waals surface area contributed by atoms with E-state index in [4.69, 9.17) is 9.47 Å². The number of esters is 1. The van der Waals surface area contributed by atoms with Gasteiger partial charge in [-0.15, -0.1) is 0 Å². The largest absolute Gasteiger partial charge is 0.461 e. The van der Waals surface area contributed by atoms with Crippen molar-refractivity contribution in [3.05, 3.63) is 30.0 Å². The number of rotatable bonds is 6. The molecule has 0 amide bonds. The average molecular weight is 319 g/mol. The smallest absolute Gasteiger partial charge is 0.359 e. The summed E-state index contributed by atoms with van der Waals surface area (Å²) in [5.41, 5.74) is 1.28. The Labute approximate surface area is 135 Å². The number of nitrogens with zero attached hydrogens (tertiary/aromatic N) is 2. The lowest BCUT2D eigenvalue weighted by atomic mass is 10.2. The Morgan fingerprint density at radius 3 is 3.04 bits per heavy atom. The minimum Gasteiger partial charge on any atom is -0.461 e. The normalized spacial score (nSPS) is 18.2. The van der Waals surface area contributed by atoms with Gasteiger partial charge in [0, 0.05) is 18.2 Å². The standard InChI is InChI=1S/C17H22N2O4/c1-2-21-17(20)16-13-7-3-4-8-14(13)19(18-16)10-12-23-15-9-5-6-11-22-15/h3-4,7-8,15H,2,5-6,9-12H2,1H3/p+1. The van der Waals surface area contributed by atoms with E-state index in [1.807, 2.05) is 28.9 Å². The van der Waals surface area contributed by atoms with Gasteiger partial charge >= 0.3 is 5.97 Å². The summed E-state index contributed by atoms with van der Waals surface area (Å²) >= 11 is 0. The fraction of sp³-hybridized carbons (Fsp3) is 0.529. The predicted molar refractivity (Wildman–Crippen MR) is 86.4 cm³/mol. The Morgan fingerprint density at radius 1 is 1.39 bits per heavy atom. The van der Waals surface area contributed by atoms with Gasteiger partial charge in [-0.05, 0) is 19.4 Å². The molecule has 0 radical (unpaired) electrons. The predicted octanol–water partition coefficient (Wildman–Crippen LogP) is 2.27. The number of hydrogen-bond acceptors (Lipinski definition) is 4. The van der Waals surface area contributed by atoms with E-state index in [-0.39, 0.29) is 12.3 Å². The Hall–Kier alpha value is -1.92. The lowest BCUT2D eigenvalue weighted by Crippen LogP contribution is -2.27. The van der Waals surface area contributed by atoms with Crippen LogP contribution >= 0.6 is 0 Å². The average Bonchev–Trinajstić information content (AvgIpc) is 2.95. The van der Waals surface area contributed by atoms with E-state index in [1.165, 1.54) is 6.42 Å². The van der Waals surface area contributed by atoms with Crippen LogP contribution in [-0.4, -0.2) is 46.6 Å². The van der Waals surface area contributed by atoms with E-state index in [2.05, 4.69) is 9.84 Å². The molecular weight excluding hydrogens is 296 g/mol. The summed E-state index contributed by atoms with van der Waals surface area (Å²) in [7, 11) is 0. The van der Waals surface area contributed by atoms with Crippen molar-refractivity contribution in [2.24, 2.45) is 0 Å². The van der Waals surface area contributed by atoms with E-state index >= 15 is 0 Å². The SMILES string of the molecule is CCOC(=O)c1nn(CCOC2CCCC[OH+]2)c2ccccc12. The van der Waals surface area contributed by atoms with Crippen LogP contribution in [0.25, 0.3) is 10.9 Å². The fourth-order valence-corrected chi connectivity index (χ4v) is 2.82. The number of aliphatic hydroxyl groups is 2. The van der Waals surface area contributed by atoms with E-state index in [0.29, 0.717) is 25.5 Å². The number of ether oxygens (including phenoxy) is 3. The van der Waals surface area contributed by atoms with Crippen LogP contribution in [0, 0.1) is 0 Å². The van der Waals surface area contributed by atoms with Crippen molar-refractivity contribution in [2.75, 3.05) is 19.8 Å². The topological polar surface area (TPSA) is 66.1 Å². The number of carbonyl (C=O) groups excluding carboxylic acids is 1. The lowest BCUT2D eigenvalue weighted by molar-refractivity contribution is -0.257. The highest BCUT2D eigenvalue weighted by Gasteiger charge is 2.20. The third kappa shape index (κ3) is 3.71. The number of benzene rings is 1.